The molecule has 2 rings (SSSR count). The Balaban J connectivity index is 2.26. The van der Waals surface area contributed by atoms with Crippen molar-refractivity contribution in [1.29, 1.82) is 0 Å². The molecule has 0 radical (unpaired) electrons. The quantitative estimate of drug-likeness (QED) is 0.800. The van der Waals surface area contributed by atoms with Crippen LogP contribution in [0.4, 0.5) is 0 Å². The first kappa shape index (κ1) is 15.7. The van der Waals surface area contributed by atoms with Gasteiger partial charge in [-0.1, -0.05) is 37.8 Å². The van der Waals surface area contributed by atoms with E-state index < -0.39 is 0 Å². The van der Waals surface area contributed by atoms with E-state index in [0.717, 1.165) is 23.7 Å². The number of hydrogen-bond acceptors (Lipinski definition) is 2. The maximum atomic E-state index is 6.21. The third-order valence-corrected chi connectivity index (χ3v) is 4.50. The van der Waals surface area contributed by atoms with Crippen LogP contribution in [-0.4, -0.2) is 13.7 Å². The highest BCUT2D eigenvalue weighted by Crippen LogP contribution is 2.38. The summed E-state index contributed by atoms with van der Waals surface area (Å²) in [7, 11) is 1.74. The highest BCUT2D eigenvalue weighted by atomic mass is 35.5. The smallest absolute Gasteiger partial charge is 0.123 e. The fraction of sp³-hybridized carbons (Fsp3) is 0.647. The fourth-order valence-corrected chi connectivity index (χ4v) is 3.43. The SMILES string of the molecule is CCCNC(c1cc(Cl)ccc1OC)C1CCCCC1. The lowest BCUT2D eigenvalue weighted by atomic mass is 9.81. The Bertz CT molecular complexity index is 415. The monoisotopic (exact) mass is 295 g/mol. The van der Waals surface area contributed by atoms with E-state index in [9.17, 15) is 0 Å². The van der Waals surface area contributed by atoms with E-state index in [4.69, 9.17) is 16.3 Å². The second-order valence-corrected chi connectivity index (χ2v) is 6.15. The number of halogens is 1. The van der Waals surface area contributed by atoms with Crippen LogP contribution in [0.5, 0.6) is 5.75 Å². The second kappa shape index (κ2) is 7.90. The van der Waals surface area contributed by atoms with Gasteiger partial charge in [0.05, 0.1) is 7.11 Å². The van der Waals surface area contributed by atoms with Crippen LogP contribution in [0.2, 0.25) is 5.02 Å². The minimum absolute atomic E-state index is 0.365. The Morgan fingerprint density at radius 2 is 2.05 bits per heavy atom. The van der Waals surface area contributed by atoms with E-state index in [0.29, 0.717) is 12.0 Å². The van der Waals surface area contributed by atoms with Crippen molar-refractivity contribution < 1.29 is 4.74 Å². The first-order valence-corrected chi connectivity index (χ1v) is 8.21. The fourth-order valence-electron chi connectivity index (χ4n) is 3.25. The minimum Gasteiger partial charge on any atom is -0.496 e. The molecule has 1 saturated carbocycles. The van der Waals surface area contributed by atoms with Crippen LogP contribution in [0.3, 0.4) is 0 Å². The van der Waals surface area contributed by atoms with Gasteiger partial charge in [0.1, 0.15) is 5.75 Å². The number of benzene rings is 1. The molecule has 0 amide bonds. The molecule has 1 N–H and O–H groups in total. The minimum atomic E-state index is 0.365. The predicted molar refractivity (Wildman–Crippen MR) is 85.6 cm³/mol. The lowest BCUT2D eigenvalue weighted by Gasteiger charge is -2.32. The van der Waals surface area contributed by atoms with E-state index in [2.05, 4.69) is 18.3 Å². The van der Waals surface area contributed by atoms with Crippen LogP contribution in [0.25, 0.3) is 0 Å². The second-order valence-electron chi connectivity index (χ2n) is 5.72. The van der Waals surface area contributed by atoms with Crippen LogP contribution >= 0.6 is 11.6 Å². The standard InChI is InChI=1S/C17H26ClNO/c1-3-11-19-17(13-7-5-4-6-8-13)15-12-14(18)9-10-16(15)20-2/h9-10,12-13,17,19H,3-8,11H2,1-2H3. The number of hydrogen-bond donors (Lipinski definition) is 1. The molecular weight excluding hydrogens is 270 g/mol. The third kappa shape index (κ3) is 3.89. The van der Waals surface area contributed by atoms with Crippen molar-refractivity contribution in [3.63, 3.8) is 0 Å². The van der Waals surface area contributed by atoms with Crippen molar-refractivity contribution in [2.24, 2.45) is 5.92 Å². The van der Waals surface area contributed by atoms with Gasteiger partial charge in [0.15, 0.2) is 0 Å². The molecule has 20 heavy (non-hydrogen) atoms. The molecule has 1 fully saturated rings. The zero-order chi connectivity index (χ0) is 14.4. The summed E-state index contributed by atoms with van der Waals surface area (Å²) >= 11 is 6.21. The molecular formula is C17H26ClNO. The topological polar surface area (TPSA) is 21.3 Å². The Hall–Kier alpha value is -0.730. The van der Waals surface area contributed by atoms with Gasteiger partial charge in [-0.2, -0.15) is 0 Å². The Labute approximate surface area is 127 Å². The molecule has 1 aliphatic carbocycles. The summed E-state index contributed by atoms with van der Waals surface area (Å²) in [6, 6.07) is 6.33. The van der Waals surface area contributed by atoms with Crippen molar-refractivity contribution in [3.05, 3.63) is 28.8 Å². The summed E-state index contributed by atoms with van der Waals surface area (Å²) < 4.78 is 5.55. The number of ether oxygens (including phenoxy) is 1. The van der Waals surface area contributed by atoms with Crippen molar-refractivity contribution in [2.75, 3.05) is 13.7 Å². The maximum absolute atomic E-state index is 6.21. The Morgan fingerprint density at radius 1 is 1.30 bits per heavy atom. The first-order valence-electron chi connectivity index (χ1n) is 7.83. The van der Waals surface area contributed by atoms with Gasteiger partial charge in [-0.15, -0.1) is 0 Å². The first-order chi connectivity index (χ1) is 9.76. The highest BCUT2D eigenvalue weighted by Gasteiger charge is 2.26. The Kier molecular flexibility index (Phi) is 6.18. The molecule has 1 unspecified atom stereocenters. The molecule has 0 bridgehead atoms. The zero-order valence-electron chi connectivity index (χ0n) is 12.6. The highest BCUT2D eigenvalue weighted by molar-refractivity contribution is 6.30. The lowest BCUT2D eigenvalue weighted by Crippen LogP contribution is -2.30. The number of rotatable bonds is 6. The van der Waals surface area contributed by atoms with Crippen molar-refractivity contribution in [2.45, 2.75) is 51.5 Å². The van der Waals surface area contributed by atoms with E-state index in [1.165, 1.54) is 37.7 Å². The molecule has 1 aromatic rings. The van der Waals surface area contributed by atoms with Gasteiger partial charge in [-0.25, -0.2) is 0 Å². The third-order valence-electron chi connectivity index (χ3n) is 4.26. The van der Waals surface area contributed by atoms with E-state index in [-0.39, 0.29) is 0 Å². The van der Waals surface area contributed by atoms with Gasteiger partial charge >= 0.3 is 0 Å². The van der Waals surface area contributed by atoms with Crippen LogP contribution in [0, 0.1) is 5.92 Å². The lowest BCUT2D eigenvalue weighted by molar-refractivity contribution is 0.266. The molecule has 1 aromatic carbocycles. The zero-order valence-corrected chi connectivity index (χ0v) is 13.4. The van der Waals surface area contributed by atoms with Gasteiger partial charge in [-0.05, 0) is 49.9 Å². The molecule has 0 aliphatic heterocycles. The summed E-state index contributed by atoms with van der Waals surface area (Å²) in [5.74, 6) is 1.65. The average molecular weight is 296 g/mol. The van der Waals surface area contributed by atoms with E-state index in [1.54, 1.807) is 7.11 Å². The molecule has 1 atom stereocenters. The van der Waals surface area contributed by atoms with Crippen molar-refractivity contribution >= 4 is 11.6 Å². The molecule has 0 aromatic heterocycles. The summed E-state index contributed by atoms with van der Waals surface area (Å²) in [6.45, 7) is 3.25. The molecule has 0 heterocycles. The summed E-state index contributed by atoms with van der Waals surface area (Å²) in [5, 5.41) is 4.51. The predicted octanol–water partition coefficient (Wildman–Crippen LogP) is 4.97. The number of methoxy groups -OCH3 is 1. The van der Waals surface area contributed by atoms with Crippen LogP contribution in [0.1, 0.15) is 57.1 Å². The molecule has 2 nitrogen and oxygen atoms in total. The van der Waals surface area contributed by atoms with Crippen LogP contribution in [-0.2, 0) is 0 Å². The van der Waals surface area contributed by atoms with Crippen LogP contribution < -0.4 is 10.1 Å². The van der Waals surface area contributed by atoms with Crippen LogP contribution in [0.15, 0.2) is 18.2 Å². The molecule has 0 saturated heterocycles. The van der Waals surface area contributed by atoms with Gasteiger partial charge in [0.2, 0.25) is 0 Å². The van der Waals surface area contributed by atoms with Gasteiger partial charge in [-0.3, -0.25) is 0 Å². The summed E-state index contributed by atoms with van der Waals surface area (Å²) in [6.07, 6.45) is 7.82. The maximum Gasteiger partial charge on any atom is 0.123 e. The molecule has 0 spiro atoms. The normalized spacial score (nSPS) is 17.9. The Morgan fingerprint density at radius 3 is 2.70 bits per heavy atom. The largest absolute Gasteiger partial charge is 0.496 e. The van der Waals surface area contributed by atoms with E-state index in [1.807, 2.05) is 12.1 Å². The van der Waals surface area contributed by atoms with Crippen molar-refractivity contribution in [1.82, 2.24) is 5.32 Å². The van der Waals surface area contributed by atoms with Crippen molar-refractivity contribution in [3.8, 4) is 5.75 Å². The molecule has 112 valence electrons. The van der Waals surface area contributed by atoms with Gasteiger partial charge in [0, 0.05) is 16.6 Å². The number of nitrogens with one attached hydrogen (secondary N) is 1. The average Bonchev–Trinajstić information content (AvgIpc) is 2.49. The molecule has 3 heteroatoms. The van der Waals surface area contributed by atoms with Gasteiger partial charge < -0.3 is 10.1 Å². The molecule has 1 aliphatic rings. The van der Waals surface area contributed by atoms with E-state index >= 15 is 0 Å². The summed E-state index contributed by atoms with van der Waals surface area (Å²) in [5.41, 5.74) is 1.22. The van der Waals surface area contributed by atoms with Gasteiger partial charge in [0.25, 0.3) is 0 Å². The summed E-state index contributed by atoms with van der Waals surface area (Å²) in [4.78, 5) is 0.